The van der Waals surface area contributed by atoms with Crippen LogP contribution in [0.2, 0.25) is 0 Å². The van der Waals surface area contributed by atoms with Crippen LogP contribution >= 0.6 is 11.6 Å². The Labute approximate surface area is 70.0 Å². The predicted octanol–water partition coefficient (Wildman–Crippen LogP) is 3.69. The van der Waals surface area contributed by atoms with E-state index in [4.69, 9.17) is 11.6 Å². The van der Waals surface area contributed by atoms with E-state index in [1.54, 1.807) is 0 Å². The van der Waals surface area contributed by atoms with Crippen LogP contribution < -0.4 is 0 Å². The van der Waals surface area contributed by atoms with Crippen molar-refractivity contribution < 1.29 is 0 Å². The highest BCUT2D eigenvalue weighted by atomic mass is 35.5. The molecule has 0 fully saturated rings. The Balaban J connectivity index is 3.78. The first kappa shape index (κ1) is 10.3. The van der Waals surface area contributed by atoms with Crippen LogP contribution in [-0.2, 0) is 0 Å². The van der Waals surface area contributed by atoms with Crippen molar-refractivity contribution in [3.63, 3.8) is 0 Å². The predicted molar refractivity (Wildman–Crippen MR) is 48.6 cm³/mol. The zero-order valence-electron chi connectivity index (χ0n) is 7.58. The highest BCUT2D eigenvalue weighted by molar-refractivity contribution is 6.18. The van der Waals surface area contributed by atoms with E-state index >= 15 is 0 Å². The minimum atomic E-state index is 0.317. The fraction of sp³-hybridized carbons (Fsp3) is 1.00. The van der Waals surface area contributed by atoms with Gasteiger partial charge in [-0.15, -0.1) is 11.6 Å². The van der Waals surface area contributed by atoms with Gasteiger partial charge < -0.3 is 0 Å². The number of halogens is 1. The Hall–Kier alpha value is 0.290. The highest BCUT2D eigenvalue weighted by Gasteiger charge is 2.23. The van der Waals surface area contributed by atoms with E-state index in [-0.39, 0.29) is 0 Å². The fourth-order valence-corrected chi connectivity index (χ4v) is 1.22. The SMILES string of the molecule is CCCC(C)C(C)(C)CCl. The molecule has 0 aliphatic rings. The molecule has 0 saturated heterocycles. The molecular formula is C9H19Cl. The van der Waals surface area contributed by atoms with Gasteiger partial charge in [0.1, 0.15) is 0 Å². The van der Waals surface area contributed by atoms with E-state index in [1.807, 2.05) is 0 Å². The molecular weight excluding hydrogens is 144 g/mol. The first-order valence-electron chi connectivity index (χ1n) is 4.10. The summed E-state index contributed by atoms with van der Waals surface area (Å²) in [5.41, 5.74) is 0.317. The standard InChI is InChI=1S/C9H19Cl/c1-5-6-8(2)9(3,4)7-10/h8H,5-7H2,1-4H3. The molecule has 0 nitrogen and oxygen atoms in total. The second kappa shape index (κ2) is 4.23. The average molecular weight is 163 g/mol. The lowest BCUT2D eigenvalue weighted by Crippen LogP contribution is -2.23. The maximum Gasteiger partial charge on any atom is 0.0277 e. The van der Waals surface area contributed by atoms with Crippen molar-refractivity contribution in [1.29, 1.82) is 0 Å². The van der Waals surface area contributed by atoms with Crippen molar-refractivity contribution in [2.45, 2.75) is 40.5 Å². The van der Waals surface area contributed by atoms with Crippen LogP contribution in [0.1, 0.15) is 40.5 Å². The summed E-state index contributed by atoms with van der Waals surface area (Å²) >= 11 is 5.82. The molecule has 0 saturated carbocycles. The fourth-order valence-electron chi connectivity index (χ4n) is 0.955. The van der Waals surface area contributed by atoms with Gasteiger partial charge in [0.2, 0.25) is 0 Å². The summed E-state index contributed by atoms with van der Waals surface area (Å²) < 4.78 is 0. The van der Waals surface area contributed by atoms with E-state index in [9.17, 15) is 0 Å². The highest BCUT2D eigenvalue weighted by Crippen LogP contribution is 2.30. The largest absolute Gasteiger partial charge is 0.126 e. The molecule has 0 amide bonds. The van der Waals surface area contributed by atoms with E-state index in [1.165, 1.54) is 12.8 Å². The molecule has 1 atom stereocenters. The van der Waals surface area contributed by atoms with Crippen molar-refractivity contribution in [2.75, 3.05) is 5.88 Å². The van der Waals surface area contributed by atoms with Crippen LogP contribution in [0.3, 0.4) is 0 Å². The molecule has 1 heteroatoms. The van der Waals surface area contributed by atoms with Gasteiger partial charge in [0, 0.05) is 5.88 Å². The zero-order valence-corrected chi connectivity index (χ0v) is 8.33. The first-order chi connectivity index (χ1) is 4.54. The number of hydrogen-bond donors (Lipinski definition) is 0. The van der Waals surface area contributed by atoms with Gasteiger partial charge in [-0.3, -0.25) is 0 Å². The molecule has 0 aromatic carbocycles. The Morgan fingerprint density at radius 3 is 2.20 bits per heavy atom. The normalized spacial score (nSPS) is 15.3. The van der Waals surface area contributed by atoms with Crippen LogP contribution in [0.25, 0.3) is 0 Å². The minimum Gasteiger partial charge on any atom is -0.126 e. The van der Waals surface area contributed by atoms with E-state index in [0.717, 1.165) is 11.8 Å². The molecule has 10 heavy (non-hydrogen) atoms. The molecule has 0 aliphatic carbocycles. The van der Waals surface area contributed by atoms with Gasteiger partial charge in [-0.05, 0) is 11.3 Å². The second-order valence-corrected chi connectivity index (χ2v) is 4.08. The molecule has 0 rings (SSSR count). The Kier molecular flexibility index (Phi) is 4.35. The minimum absolute atomic E-state index is 0.317. The number of alkyl halides is 1. The van der Waals surface area contributed by atoms with Crippen LogP contribution in [0.15, 0.2) is 0 Å². The average Bonchev–Trinajstić information content (AvgIpc) is 1.89. The third-order valence-electron chi connectivity index (χ3n) is 2.40. The van der Waals surface area contributed by atoms with E-state index in [0.29, 0.717) is 5.41 Å². The van der Waals surface area contributed by atoms with Crippen LogP contribution in [-0.4, -0.2) is 5.88 Å². The molecule has 0 N–H and O–H groups in total. The Morgan fingerprint density at radius 2 is 1.90 bits per heavy atom. The summed E-state index contributed by atoms with van der Waals surface area (Å²) in [7, 11) is 0. The summed E-state index contributed by atoms with van der Waals surface area (Å²) in [6.45, 7) is 8.98. The van der Waals surface area contributed by atoms with Crippen LogP contribution in [0.4, 0.5) is 0 Å². The summed E-state index contributed by atoms with van der Waals surface area (Å²) in [6.07, 6.45) is 2.56. The van der Waals surface area contributed by atoms with Crippen molar-refractivity contribution in [1.82, 2.24) is 0 Å². The topological polar surface area (TPSA) is 0 Å². The van der Waals surface area contributed by atoms with Crippen molar-refractivity contribution in [3.8, 4) is 0 Å². The number of hydrogen-bond acceptors (Lipinski definition) is 0. The quantitative estimate of drug-likeness (QED) is 0.554. The molecule has 1 unspecified atom stereocenters. The third kappa shape index (κ3) is 2.92. The molecule has 0 heterocycles. The second-order valence-electron chi connectivity index (χ2n) is 3.81. The molecule has 0 bridgehead atoms. The maximum atomic E-state index is 5.82. The third-order valence-corrected chi connectivity index (χ3v) is 3.09. The van der Waals surface area contributed by atoms with Gasteiger partial charge >= 0.3 is 0 Å². The lowest BCUT2D eigenvalue weighted by atomic mass is 9.79. The first-order valence-corrected chi connectivity index (χ1v) is 4.64. The summed E-state index contributed by atoms with van der Waals surface area (Å²) in [5.74, 6) is 1.52. The van der Waals surface area contributed by atoms with Crippen LogP contribution in [0.5, 0.6) is 0 Å². The van der Waals surface area contributed by atoms with Gasteiger partial charge in [-0.1, -0.05) is 40.5 Å². The van der Waals surface area contributed by atoms with Crippen molar-refractivity contribution >= 4 is 11.6 Å². The van der Waals surface area contributed by atoms with Crippen molar-refractivity contribution in [2.24, 2.45) is 11.3 Å². The molecule has 62 valence electrons. The van der Waals surface area contributed by atoms with Gasteiger partial charge in [-0.2, -0.15) is 0 Å². The Morgan fingerprint density at radius 1 is 1.40 bits per heavy atom. The lowest BCUT2D eigenvalue weighted by Gasteiger charge is -2.29. The van der Waals surface area contributed by atoms with Gasteiger partial charge in [0.05, 0.1) is 0 Å². The lowest BCUT2D eigenvalue weighted by molar-refractivity contribution is 0.250. The molecule has 0 spiro atoms. The molecule has 0 aromatic rings. The summed E-state index contributed by atoms with van der Waals surface area (Å²) in [6, 6.07) is 0. The summed E-state index contributed by atoms with van der Waals surface area (Å²) in [5, 5.41) is 0. The molecule has 0 aromatic heterocycles. The van der Waals surface area contributed by atoms with Gasteiger partial charge in [0.15, 0.2) is 0 Å². The van der Waals surface area contributed by atoms with Gasteiger partial charge in [0.25, 0.3) is 0 Å². The zero-order chi connectivity index (χ0) is 8.20. The maximum absolute atomic E-state index is 5.82. The van der Waals surface area contributed by atoms with E-state index in [2.05, 4.69) is 27.7 Å². The monoisotopic (exact) mass is 162 g/mol. The molecule has 0 aliphatic heterocycles. The summed E-state index contributed by atoms with van der Waals surface area (Å²) in [4.78, 5) is 0. The van der Waals surface area contributed by atoms with E-state index < -0.39 is 0 Å². The number of rotatable bonds is 4. The Bertz CT molecular complexity index is 86.7. The van der Waals surface area contributed by atoms with Crippen LogP contribution in [0, 0.1) is 11.3 Å². The smallest absolute Gasteiger partial charge is 0.0277 e. The van der Waals surface area contributed by atoms with Gasteiger partial charge in [-0.25, -0.2) is 0 Å². The van der Waals surface area contributed by atoms with Crippen molar-refractivity contribution in [3.05, 3.63) is 0 Å². The molecule has 0 radical (unpaired) electrons.